The van der Waals surface area contributed by atoms with Crippen molar-refractivity contribution in [1.29, 1.82) is 0 Å². The Labute approximate surface area is 136 Å². The first kappa shape index (κ1) is 18.3. The highest BCUT2D eigenvalue weighted by Crippen LogP contribution is 2.13. The summed E-state index contributed by atoms with van der Waals surface area (Å²) in [6.45, 7) is 4.06. The van der Waals surface area contributed by atoms with Gasteiger partial charge in [0.15, 0.2) is 0 Å². The number of carbonyl (C=O) groups is 1. The number of nitrogens with zero attached hydrogens (tertiary/aromatic N) is 1. The molecule has 1 N–H and O–H groups in total. The van der Waals surface area contributed by atoms with Crippen LogP contribution in [0.3, 0.4) is 0 Å². The maximum Gasteiger partial charge on any atom is 0.224 e. The van der Waals surface area contributed by atoms with E-state index in [-0.39, 0.29) is 30.2 Å². The van der Waals surface area contributed by atoms with Gasteiger partial charge in [-0.15, -0.1) is 12.4 Å². The lowest BCUT2D eigenvalue weighted by Crippen LogP contribution is -2.42. The number of nitrogens with one attached hydrogen (secondary N) is 1. The first-order valence-electron chi connectivity index (χ1n) is 7.02. The van der Waals surface area contributed by atoms with Crippen LogP contribution in [-0.2, 0) is 11.3 Å². The SMILES string of the molecule is CCN(Cc1cccc(F)c1)C(=O)CC1CSCCN1.Cl. The van der Waals surface area contributed by atoms with E-state index in [0.717, 1.165) is 23.6 Å². The Morgan fingerprint density at radius 2 is 2.33 bits per heavy atom. The molecule has 2 rings (SSSR count). The third-order valence-corrected chi connectivity index (χ3v) is 4.55. The monoisotopic (exact) mass is 332 g/mol. The van der Waals surface area contributed by atoms with Crippen LogP contribution in [0.25, 0.3) is 0 Å². The van der Waals surface area contributed by atoms with Crippen molar-refractivity contribution in [2.45, 2.75) is 25.9 Å². The van der Waals surface area contributed by atoms with E-state index in [0.29, 0.717) is 19.5 Å². The predicted octanol–water partition coefficient (Wildman–Crippen LogP) is 2.69. The molecule has 3 nitrogen and oxygen atoms in total. The van der Waals surface area contributed by atoms with Crippen molar-refractivity contribution in [1.82, 2.24) is 10.2 Å². The van der Waals surface area contributed by atoms with Crippen molar-refractivity contribution in [3.8, 4) is 0 Å². The summed E-state index contributed by atoms with van der Waals surface area (Å²) in [6, 6.07) is 6.72. The number of rotatable bonds is 5. The Morgan fingerprint density at radius 3 is 2.95 bits per heavy atom. The zero-order valence-electron chi connectivity index (χ0n) is 12.2. The minimum Gasteiger partial charge on any atom is -0.339 e. The number of benzene rings is 1. The molecule has 0 saturated carbocycles. The lowest BCUT2D eigenvalue weighted by molar-refractivity contribution is -0.132. The molecule has 0 bridgehead atoms. The van der Waals surface area contributed by atoms with Crippen molar-refractivity contribution in [2.75, 3.05) is 24.6 Å². The molecule has 1 saturated heterocycles. The summed E-state index contributed by atoms with van der Waals surface area (Å²) in [5.41, 5.74) is 0.839. The molecule has 6 heteroatoms. The maximum atomic E-state index is 13.2. The highest BCUT2D eigenvalue weighted by atomic mass is 35.5. The summed E-state index contributed by atoms with van der Waals surface area (Å²) < 4.78 is 13.2. The highest BCUT2D eigenvalue weighted by Gasteiger charge is 2.20. The minimum absolute atomic E-state index is 0. The van der Waals surface area contributed by atoms with Gasteiger partial charge < -0.3 is 10.2 Å². The maximum absolute atomic E-state index is 13.2. The summed E-state index contributed by atoms with van der Waals surface area (Å²) >= 11 is 1.89. The summed E-state index contributed by atoms with van der Waals surface area (Å²) in [6.07, 6.45) is 0.524. The molecular weight excluding hydrogens is 311 g/mol. The van der Waals surface area contributed by atoms with Crippen LogP contribution in [0.4, 0.5) is 4.39 Å². The number of amides is 1. The third kappa shape index (κ3) is 5.85. The van der Waals surface area contributed by atoms with E-state index < -0.39 is 0 Å². The second-order valence-corrected chi connectivity index (χ2v) is 6.12. The molecule has 0 spiro atoms. The molecule has 0 radical (unpaired) electrons. The molecule has 1 aromatic carbocycles. The number of hydrogen-bond donors (Lipinski definition) is 1. The van der Waals surface area contributed by atoms with Crippen LogP contribution in [0.1, 0.15) is 18.9 Å². The van der Waals surface area contributed by atoms with Gasteiger partial charge in [-0.25, -0.2) is 4.39 Å². The van der Waals surface area contributed by atoms with Gasteiger partial charge >= 0.3 is 0 Å². The van der Waals surface area contributed by atoms with Crippen molar-refractivity contribution >= 4 is 30.1 Å². The van der Waals surface area contributed by atoms with Crippen LogP contribution in [0.5, 0.6) is 0 Å². The molecule has 0 aromatic heterocycles. The first-order chi connectivity index (χ1) is 9.69. The molecular formula is C15H22ClFN2OS. The van der Waals surface area contributed by atoms with E-state index in [1.807, 2.05) is 24.8 Å². The van der Waals surface area contributed by atoms with Crippen LogP contribution in [0.15, 0.2) is 24.3 Å². The number of hydrogen-bond acceptors (Lipinski definition) is 3. The predicted molar refractivity (Wildman–Crippen MR) is 88.5 cm³/mol. The van der Waals surface area contributed by atoms with E-state index in [9.17, 15) is 9.18 Å². The Bertz CT molecular complexity index is 455. The first-order valence-corrected chi connectivity index (χ1v) is 8.18. The van der Waals surface area contributed by atoms with E-state index in [2.05, 4.69) is 5.32 Å². The molecule has 1 aliphatic heterocycles. The van der Waals surface area contributed by atoms with Crippen LogP contribution in [-0.4, -0.2) is 41.4 Å². The summed E-state index contributed by atoms with van der Waals surface area (Å²) in [5.74, 6) is 1.99. The van der Waals surface area contributed by atoms with Crippen molar-refractivity contribution in [2.24, 2.45) is 0 Å². The fourth-order valence-electron chi connectivity index (χ4n) is 2.32. The fourth-order valence-corrected chi connectivity index (χ4v) is 3.27. The lowest BCUT2D eigenvalue weighted by Gasteiger charge is -2.27. The van der Waals surface area contributed by atoms with Crippen molar-refractivity contribution < 1.29 is 9.18 Å². The molecule has 21 heavy (non-hydrogen) atoms. The molecule has 1 aliphatic rings. The average Bonchev–Trinajstić information content (AvgIpc) is 2.46. The van der Waals surface area contributed by atoms with Crippen LogP contribution >= 0.6 is 24.2 Å². The Kier molecular flexibility index (Phi) is 8.07. The van der Waals surface area contributed by atoms with Gasteiger partial charge in [0.05, 0.1) is 0 Å². The van der Waals surface area contributed by atoms with Crippen molar-refractivity contribution in [3.05, 3.63) is 35.6 Å². The standard InChI is InChI=1S/C15H21FN2OS.ClH/c1-2-18(10-12-4-3-5-13(16)8-12)15(19)9-14-11-20-7-6-17-14;/h3-5,8,14,17H,2,6-7,9-11H2,1H3;1H. The third-order valence-electron chi connectivity index (χ3n) is 3.42. The molecule has 1 aromatic rings. The minimum atomic E-state index is -0.253. The molecule has 1 atom stereocenters. The lowest BCUT2D eigenvalue weighted by atomic mass is 10.1. The Balaban J connectivity index is 0.00000220. The van der Waals surface area contributed by atoms with Gasteiger partial charge in [-0.2, -0.15) is 11.8 Å². The number of carbonyl (C=O) groups excluding carboxylic acids is 1. The van der Waals surface area contributed by atoms with Crippen molar-refractivity contribution in [3.63, 3.8) is 0 Å². The second-order valence-electron chi connectivity index (χ2n) is 4.97. The normalized spacial score (nSPS) is 17.9. The fraction of sp³-hybridized carbons (Fsp3) is 0.533. The summed E-state index contributed by atoms with van der Waals surface area (Å²) in [5, 5.41) is 3.37. The number of halogens is 2. The van der Waals surface area contributed by atoms with E-state index >= 15 is 0 Å². The quantitative estimate of drug-likeness (QED) is 0.899. The molecule has 1 unspecified atom stereocenters. The highest BCUT2D eigenvalue weighted by molar-refractivity contribution is 7.99. The zero-order chi connectivity index (χ0) is 14.4. The van der Waals surface area contributed by atoms with Gasteiger partial charge in [0.1, 0.15) is 5.82 Å². The van der Waals surface area contributed by atoms with Crippen LogP contribution in [0.2, 0.25) is 0 Å². The average molecular weight is 333 g/mol. The van der Waals surface area contributed by atoms with Gasteiger partial charge in [-0.3, -0.25) is 4.79 Å². The Morgan fingerprint density at radius 1 is 1.52 bits per heavy atom. The van der Waals surface area contributed by atoms with Gasteiger partial charge in [0.25, 0.3) is 0 Å². The van der Waals surface area contributed by atoms with Gasteiger partial charge in [-0.05, 0) is 24.6 Å². The largest absolute Gasteiger partial charge is 0.339 e. The molecule has 1 fully saturated rings. The molecule has 1 heterocycles. The van der Waals surface area contributed by atoms with Gasteiger partial charge in [0, 0.05) is 43.6 Å². The van der Waals surface area contributed by atoms with Gasteiger partial charge in [-0.1, -0.05) is 12.1 Å². The Hall–Kier alpha value is -0.780. The van der Waals surface area contributed by atoms with E-state index in [1.54, 1.807) is 11.0 Å². The smallest absolute Gasteiger partial charge is 0.224 e. The van der Waals surface area contributed by atoms with Gasteiger partial charge in [0.2, 0.25) is 5.91 Å². The topological polar surface area (TPSA) is 32.3 Å². The van der Waals surface area contributed by atoms with Crippen LogP contribution < -0.4 is 5.32 Å². The van der Waals surface area contributed by atoms with E-state index in [4.69, 9.17) is 0 Å². The molecule has 0 aliphatic carbocycles. The molecule has 118 valence electrons. The summed E-state index contributed by atoms with van der Waals surface area (Å²) in [7, 11) is 0. The van der Waals surface area contributed by atoms with E-state index in [1.165, 1.54) is 12.1 Å². The zero-order valence-corrected chi connectivity index (χ0v) is 13.8. The second kappa shape index (κ2) is 9.28. The summed E-state index contributed by atoms with van der Waals surface area (Å²) in [4.78, 5) is 14.1. The molecule has 1 amide bonds. The van der Waals surface area contributed by atoms with Crippen LogP contribution in [0, 0.1) is 5.82 Å². The number of thioether (sulfide) groups is 1.